The Morgan fingerprint density at radius 1 is 1.59 bits per heavy atom. The summed E-state index contributed by atoms with van der Waals surface area (Å²) in [5.41, 5.74) is 0. The van der Waals surface area contributed by atoms with Crippen molar-refractivity contribution >= 4 is 33.3 Å². The van der Waals surface area contributed by atoms with Gasteiger partial charge in [-0.1, -0.05) is 0 Å². The van der Waals surface area contributed by atoms with Crippen molar-refractivity contribution in [3.8, 4) is 0 Å². The Morgan fingerprint density at radius 3 is 3.06 bits per heavy atom. The molecule has 0 unspecified atom stereocenters. The lowest BCUT2D eigenvalue weighted by Gasteiger charge is -2.19. The Kier molecular flexibility index (Phi) is 4.59. The van der Waals surface area contributed by atoms with Crippen molar-refractivity contribution in [2.75, 3.05) is 31.7 Å². The topological polar surface area (TPSA) is 38.2 Å². The van der Waals surface area contributed by atoms with Crippen molar-refractivity contribution < 1.29 is 4.74 Å². The highest BCUT2D eigenvalue weighted by molar-refractivity contribution is 9.10. The van der Waals surface area contributed by atoms with E-state index in [1.165, 1.54) is 12.8 Å². The van der Waals surface area contributed by atoms with Gasteiger partial charge < -0.3 is 9.64 Å². The second-order valence-corrected chi connectivity index (χ2v) is 5.44. The first-order valence-electron chi connectivity index (χ1n) is 5.63. The third-order valence-corrected chi connectivity index (χ3v) is 3.42. The van der Waals surface area contributed by atoms with Gasteiger partial charge in [-0.15, -0.1) is 0 Å². The maximum Gasteiger partial charge on any atom is 0.224 e. The molecule has 0 N–H and O–H groups in total. The SMILES string of the molecule is CN(CCOCC1CC1)c1nc(Cl)ncc1Br. The maximum atomic E-state index is 5.77. The van der Waals surface area contributed by atoms with Crippen LogP contribution in [0.4, 0.5) is 5.82 Å². The van der Waals surface area contributed by atoms with E-state index in [1.54, 1.807) is 6.20 Å². The normalized spacial score (nSPS) is 15.0. The molecule has 1 aliphatic rings. The maximum absolute atomic E-state index is 5.77. The highest BCUT2D eigenvalue weighted by Gasteiger charge is 2.21. The minimum atomic E-state index is 0.258. The molecule has 0 saturated heterocycles. The number of ether oxygens (including phenoxy) is 1. The van der Waals surface area contributed by atoms with E-state index in [2.05, 4.69) is 25.9 Å². The van der Waals surface area contributed by atoms with Crippen LogP contribution in [-0.4, -0.2) is 36.8 Å². The quantitative estimate of drug-likeness (QED) is 0.597. The van der Waals surface area contributed by atoms with Crippen LogP contribution >= 0.6 is 27.5 Å². The summed E-state index contributed by atoms with van der Waals surface area (Å²) < 4.78 is 6.43. The van der Waals surface area contributed by atoms with E-state index in [0.29, 0.717) is 6.61 Å². The fourth-order valence-electron chi connectivity index (χ4n) is 1.45. The lowest BCUT2D eigenvalue weighted by molar-refractivity contribution is 0.130. The van der Waals surface area contributed by atoms with Crippen LogP contribution < -0.4 is 4.90 Å². The third kappa shape index (κ3) is 4.08. The molecule has 17 heavy (non-hydrogen) atoms. The Hall–Kier alpha value is -0.390. The van der Waals surface area contributed by atoms with E-state index in [0.717, 1.165) is 29.4 Å². The number of anilines is 1. The molecule has 0 aliphatic heterocycles. The summed E-state index contributed by atoms with van der Waals surface area (Å²) in [4.78, 5) is 10.1. The van der Waals surface area contributed by atoms with Crippen molar-refractivity contribution in [3.05, 3.63) is 16.0 Å². The fourth-order valence-corrected chi connectivity index (χ4v) is 2.07. The van der Waals surface area contributed by atoms with Gasteiger partial charge in [-0.25, -0.2) is 4.98 Å². The molecular formula is C11H15BrClN3O. The van der Waals surface area contributed by atoms with Gasteiger partial charge >= 0.3 is 0 Å². The average molecular weight is 321 g/mol. The van der Waals surface area contributed by atoms with Crippen LogP contribution in [0.25, 0.3) is 0 Å². The molecule has 94 valence electrons. The van der Waals surface area contributed by atoms with Crippen molar-refractivity contribution in [1.29, 1.82) is 0 Å². The molecule has 1 fully saturated rings. The van der Waals surface area contributed by atoms with Gasteiger partial charge in [0.15, 0.2) is 0 Å². The molecule has 6 heteroatoms. The number of hydrogen-bond acceptors (Lipinski definition) is 4. The second-order valence-electron chi connectivity index (χ2n) is 4.25. The zero-order chi connectivity index (χ0) is 12.3. The van der Waals surface area contributed by atoms with Gasteiger partial charge in [-0.05, 0) is 46.3 Å². The largest absolute Gasteiger partial charge is 0.379 e. The average Bonchev–Trinajstić information content (AvgIpc) is 3.11. The summed E-state index contributed by atoms with van der Waals surface area (Å²) in [6.45, 7) is 2.39. The van der Waals surface area contributed by atoms with Crippen LogP contribution in [0.1, 0.15) is 12.8 Å². The van der Waals surface area contributed by atoms with E-state index in [4.69, 9.17) is 16.3 Å². The Bertz CT molecular complexity index is 387. The zero-order valence-corrected chi connectivity index (χ0v) is 12.0. The summed E-state index contributed by atoms with van der Waals surface area (Å²) in [7, 11) is 1.96. The molecule has 0 bridgehead atoms. The number of halogens is 2. The Morgan fingerprint density at radius 2 is 2.35 bits per heavy atom. The predicted molar refractivity (Wildman–Crippen MR) is 71.6 cm³/mol. The molecule has 1 aromatic heterocycles. The first-order valence-corrected chi connectivity index (χ1v) is 6.81. The molecule has 2 rings (SSSR count). The highest BCUT2D eigenvalue weighted by atomic mass is 79.9. The molecule has 4 nitrogen and oxygen atoms in total. The van der Waals surface area contributed by atoms with Crippen LogP contribution in [0.15, 0.2) is 10.7 Å². The van der Waals surface area contributed by atoms with Gasteiger partial charge in [0.2, 0.25) is 5.28 Å². The minimum absolute atomic E-state index is 0.258. The Labute approximate surface area is 114 Å². The van der Waals surface area contributed by atoms with Crippen molar-refractivity contribution in [1.82, 2.24) is 9.97 Å². The zero-order valence-electron chi connectivity index (χ0n) is 9.70. The standard InChI is InChI=1S/C11H15BrClN3O/c1-16(4-5-17-7-8-2-3-8)10-9(12)6-14-11(13)15-10/h6,8H,2-5,7H2,1H3. The van der Waals surface area contributed by atoms with Gasteiger partial charge in [0.25, 0.3) is 0 Å². The van der Waals surface area contributed by atoms with Gasteiger partial charge in [-0.2, -0.15) is 4.98 Å². The van der Waals surface area contributed by atoms with E-state index < -0.39 is 0 Å². The number of likely N-dealkylation sites (N-methyl/N-ethyl adjacent to an activating group) is 1. The lowest BCUT2D eigenvalue weighted by atomic mass is 10.4. The number of nitrogens with zero attached hydrogens (tertiary/aromatic N) is 3. The van der Waals surface area contributed by atoms with E-state index >= 15 is 0 Å². The molecule has 1 heterocycles. The van der Waals surface area contributed by atoms with Gasteiger partial charge in [0.05, 0.1) is 11.1 Å². The van der Waals surface area contributed by atoms with Crippen LogP contribution in [0.2, 0.25) is 5.28 Å². The molecule has 1 aliphatic carbocycles. The molecule has 0 amide bonds. The van der Waals surface area contributed by atoms with E-state index in [-0.39, 0.29) is 5.28 Å². The van der Waals surface area contributed by atoms with E-state index in [1.807, 2.05) is 11.9 Å². The summed E-state index contributed by atoms with van der Waals surface area (Å²) in [5.74, 6) is 1.60. The molecule has 1 saturated carbocycles. The molecule has 0 aromatic carbocycles. The molecular weight excluding hydrogens is 305 g/mol. The molecule has 0 radical (unpaired) electrons. The smallest absolute Gasteiger partial charge is 0.224 e. The number of aromatic nitrogens is 2. The van der Waals surface area contributed by atoms with Gasteiger partial charge in [0, 0.05) is 26.4 Å². The molecule has 0 spiro atoms. The van der Waals surface area contributed by atoms with Crippen molar-refractivity contribution in [2.24, 2.45) is 5.92 Å². The van der Waals surface area contributed by atoms with Crippen LogP contribution in [0.3, 0.4) is 0 Å². The molecule has 0 atom stereocenters. The van der Waals surface area contributed by atoms with E-state index in [9.17, 15) is 0 Å². The number of rotatable bonds is 6. The first-order chi connectivity index (χ1) is 8.16. The third-order valence-electron chi connectivity index (χ3n) is 2.68. The molecule has 1 aromatic rings. The van der Waals surface area contributed by atoms with Crippen LogP contribution in [-0.2, 0) is 4.74 Å². The minimum Gasteiger partial charge on any atom is -0.379 e. The van der Waals surface area contributed by atoms with Crippen molar-refractivity contribution in [2.45, 2.75) is 12.8 Å². The number of hydrogen-bond donors (Lipinski definition) is 0. The lowest BCUT2D eigenvalue weighted by Crippen LogP contribution is -2.24. The highest BCUT2D eigenvalue weighted by Crippen LogP contribution is 2.28. The van der Waals surface area contributed by atoms with Gasteiger partial charge in [0.1, 0.15) is 5.82 Å². The van der Waals surface area contributed by atoms with Crippen molar-refractivity contribution in [3.63, 3.8) is 0 Å². The van der Waals surface area contributed by atoms with Gasteiger partial charge in [-0.3, -0.25) is 0 Å². The Balaban J connectivity index is 1.80. The predicted octanol–water partition coefficient (Wildman–Crippen LogP) is 2.76. The monoisotopic (exact) mass is 319 g/mol. The fraction of sp³-hybridized carbons (Fsp3) is 0.636. The second kappa shape index (κ2) is 5.98. The summed E-state index contributed by atoms with van der Waals surface area (Å²) in [6.07, 6.45) is 4.30. The summed E-state index contributed by atoms with van der Waals surface area (Å²) >= 11 is 9.18. The summed E-state index contributed by atoms with van der Waals surface area (Å²) in [6, 6.07) is 0. The van der Waals surface area contributed by atoms with Crippen LogP contribution in [0, 0.1) is 5.92 Å². The summed E-state index contributed by atoms with van der Waals surface area (Å²) in [5, 5.41) is 0.258. The first kappa shape index (κ1) is 13.1. The van der Waals surface area contributed by atoms with Crippen LogP contribution in [0.5, 0.6) is 0 Å².